The first-order valence-corrected chi connectivity index (χ1v) is 9.67. The summed E-state index contributed by atoms with van der Waals surface area (Å²) in [5.41, 5.74) is 3.46. The standard InChI is InChI=1S/C22H23N3O2/c1-15-7-6-12-25-20(15)17(14-23-25)21(26)24-18-13-22(10-4-5-11-22)27-19-9-3-2-8-16(18)19/h2-3,6-9,12,14,18H,4-5,10-11,13H2,1H3,(H,24,26). The van der Waals surface area contributed by atoms with Gasteiger partial charge in [-0.15, -0.1) is 0 Å². The van der Waals surface area contributed by atoms with E-state index in [1.165, 1.54) is 12.8 Å². The first-order valence-electron chi connectivity index (χ1n) is 9.67. The van der Waals surface area contributed by atoms with Gasteiger partial charge in [0, 0.05) is 18.2 Å². The van der Waals surface area contributed by atoms with E-state index >= 15 is 0 Å². The Kier molecular flexibility index (Phi) is 3.71. The van der Waals surface area contributed by atoms with Crippen LogP contribution in [0.25, 0.3) is 5.52 Å². The Hall–Kier alpha value is -2.82. The summed E-state index contributed by atoms with van der Waals surface area (Å²) in [5, 5.41) is 7.62. The first-order chi connectivity index (χ1) is 13.2. The average molecular weight is 361 g/mol. The highest BCUT2D eigenvalue weighted by Crippen LogP contribution is 2.47. The quantitative estimate of drug-likeness (QED) is 0.744. The number of amides is 1. The van der Waals surface area contributed by atoms with Crippen LogP contribution in [0.1, 0.15) is 59.6 Å². The fourth-order valence-electron chi connectivity index (χ4n) is 4.69. The summed E-state index contributed by atoms with van der Waals surface area (Å²) in [4.78, 5) is 13.1. The molecule has 2 aromatic heterocycles. The fourth-order valence-corrected chi connectivity index (χ4v) is 4.69. The molecule has 3 aromatic rings. The van der Waals surface area contributed by atoms with Gasteiger partial charge in [0.05, 0.1) is 23.3 Å². The predicted molar refractivity (Wildman–Crippen MR) is 103 cm³/mol. The molecule has 1 fully saturated rings. The third kappa shape index (κ3) is 2.69. The molecule has 1 N–H and O–H groups in total. The van der Waals surface area contributed by atoms with E-state index in [1.54, 1.807) is 10.7 Å². The van der Waals surface area contributed by atoms with Crippen molar-refractivity contribution in [2.24, 2.45) is 0 Å². The largest absolute Gasteiger partial charge is 0.487 e. The molecule has 0 bridgehead atoms. The summed E-state index contributed by atoms with van der Waals surface area (Å²) in [6.07, 6.45) is 8.86. The fraction of sp³-hybridized carbons (Fsp3) is 0.364. The van der Waals surface area contributed by atoms with E-state index in [9.17, 15) is 4.79 Å². The molecule has 0 radical (unpaired) electrons. The Balaban J connectivity index is 1.49. The third-order valence-corrected chi connectivity index (χ3v) is 6.00. The third-order valence-electron chi connectivity index (χ3n) is 6.00. The molecule has 1 saturated carbocycles. The summed E-state index contributed by atoms with van der Waals surface area (Å²) >= 11 is 0. The van der Waals surface area contributed by atoms with Crippen molar-refractivity contribution in [1.29, 1.82) is 0 Å². The number of benzene rings is 1. The number of pyridine rings is 1. The van der Waals surface area contributed by atoms with E-state index in [1.807, 2.05) is 43.5 Å². The summed E-state index contributed by atoms with van der Waals surface area (Å²) in [7, 11) is 0. The van der Waals surface area contributed by atoms with Crippen molar-refractivity contribution in [1.82, 2.24) is 14.9 Å². The van der Waals surface area contributed by atoms with Crippen molar-refractivity contribution in [3.8, 4) is 5.75 Å². The number of hydrogen-bond acceptors (Lipinski definition) is 3. The number of rotatable bonds is 2. The van der Waals surface area contributed by atoms with Crippen LogP contribution >= 0.6 is 0 Å². The van der Waals surface area contributed by atoms with Crippen molar-refractivity contribution >= 4 is 11.4 Å². The van der Waals surface area contributed by atoms with Gasteiger partial charge in [0.1, 0.15) is 11.4 Å². The van der Waals surface area contributed by atoms with Gasteiger partial charge in [0.15, 0.2) is 0 Å². The number of fused-ring (bicyclic) bond motifs is 2. The molecular formula is C22H23N3O2. The number of aromatic nitrogens is 2. The number of carbonyl (C=O) groups excluding carboxylic acids is 1. The monoisotopic (exact) mass is 361 g/mol. The van der Waals surface area contributed by atoms with Crippen LogP contribution in [-0.2, 0) is 0 Å². The highest BCUT2D eigenvalue weighted by molar-refractivity contribution is 6.01. The highest BCUT2D eigenvalue weighted by Gasteiger charge is 2.43. The molecular weight excluding hydrogens is 338 g/mol. The Morgan fingerprint density at radius 1 is 1.22 bits per heavy atom. The van der Waals surface area contributed by atoms with E-state index in [0.29, 0.717) is 5.56 Å². The highest BCUT2D eigenvalue weighted by atomic mass is 16.5. The molecule has 2 aliphatic rings. The van der Waals surface area contributed by atoms with Gasteiger partial charge in [0.2, 0.25) is 0 Å². The van der Waals surface area contributed by atoms with Gasteiger partial charge in [-0.3, -0.25) is 4.79 Å². The first kappa shape index (κ1) is 16.4. The van der Waals surface area contributed by atoms with Crippen LogP contribution in [0.2, 0.25) is 0 Å². The zero-order valence-corrected chi connectivity index (χ0v) is 15.4. The number of ether oxygens (including phenoxy) is 1. The lowest BCUT2D eigenvalue weighted by atomic mass is 9.86. The maximum atomic E-state index is 13.1. The molecule has 1 amide bonds. The van der Waals surface area contributed by atoms with Crippen molar-refractivity contribution in [3.05, 3.63) is 65.5 Å². The maximum Gasteiger partial charge on any atom is 0.255 e. The van der Waals surface area contributed by atoms with Crippen LogP contribution in [0.15, 0.2) is 48.8 Å². The second-order valence-electron chi connectivity index (χ2n) is 7.80. The van der Waals surface area contributed by atoms with Gasteiger partial charge in [-0.05, 0) is 50.3 Å². The molecule has 1 aliphatic heterocycles. The number of para-hydroxylation sites is 1. The van der Waals surface area contributed by atoms with Crippen molar-refractivity contribution < 1.29 is 9.53 Å². The van der Waals surface area contributed by atoms with Gasteiger partial charge in [0.25, 0.3) is 5.91 Å². The molecule has 5 rings (SSSR count). The predicted octanol–water partition coefficient (Wildman–Crippen LogP) is 4.21. The van der Waals surface area contributed by atoms with Crippen LogP contribution in [0.4, 0.5) is 0 Å². The number of nitrogens with one attached hydrogen (secondary N) is 1. The minimum absolute atomic E-state index is 0.0421. The Morgan fingerprint density at radius 2 is 2.04 bits per heavy atom. The molecule has 1 aromatic carbocycles. The average Bonchev–Trinajstić information content (AvgIpc) is 3.30. The van der Waals surface area contributed by atoms with Gasteiger partial charge < -0.3 is 10.1 Å². The van der Waals surface area contributed by atoms with Crippen molar-refractivity contribution in [2.45, 2.75) is 50.7 Å². The summed E-state index contributed by atoms with van der Waals surface area (Å²) < 4.78 is 8.17. The molecule has 1 spiro atoms. The van der Waals surface area contributed by atoms with E-state index in [4.69, 9.17) is 4.74 Å². The van der Waals surface area contributed by atoms with Crippen LogP contribution < -0.4 is 10.1 Å². The van der Waals surface area contributed by atoms with E-state index in [-0.39, 0.29) is 17.6 Å². The number of hydrogen-bond donors (Lipinski definition) is 1. The van der Waals surface area contributed by atoms with Crippen LogP contribution in [0.3, 0.4) is 0 Å². The summed E-state index contributed by atoms with van der Waals surface area (Å²) in [6, 6.07) is 12.0. The second-order valence-corrected chi connectivity index (χ2v) is 7.80. The Bertz CT molecular complexity index is 1020. The molecule has 138 valence electrons. The molecule has 1 aliphatic carbocycles. The zero-order valence-electron chi connectivity index (χ0n) is 15.4. The Morgan fingerprint density at radius 3 is 2.89 bits per heavy atom. The minimum atomic E-state index is -0.136. The van der Waals surface area contributed by atoms with E-state index < -0.39 is 0 Å². The van der Waals surface area contributed by atoms with E-state index in [0.717, 1.165) is 41.7 Å². The SMILES string of the molecule is Cc1cccn2ncc(C(=O)NC3CC4(CCCC4)Oc4ccccc43)c12. The van der Waals surface area contributed by atoms with Gasteiger partial charge in [-0.2, -0.15) is 5.10 Å². The summed E-state index contributed by atoms with van der Waals surface area (Å²) in [5.74, 6) is 0.834. The van der Waals surface area contributed by atoms with Crippen molar-refractivity contribution in [2.75, 3.05) is 0 Å². The smallest absolute Gasteiger partial charge is 0.255 e. The van der Waals surface area contributed by atoms with Crippen LogP contribution in [0.5, 0.6) is 5.75 Å². The minimum Gasteiger partial charge on any atom is -0.487 e. The molecule has 1 unspecified atom stereocenters. The summed E-state index contributed by atoms with van der Waals surface area (Å²) in [6.45, 7) is 2.01. The van der Waals surface area contributed by atoms with Gasteiger partial charge >= 0.3 is 0 Å². The topological polar surface area (TPSA) is 55.6 Å². The lowest BCUT2D eigenvalue weighted by Gasteiger charge is -2.40. The number of carbonyl (C=O) groups is 1. The van der Waals surface area contributed by atoms with E-state index in [2.05, 4.69) is 16.5 Å². The molecule has 5 nitrogen and oxygen atoms in total. The molecule has 27 heavy (non-hydrogen) atoms. The van der Waals surface area contributed by atoms with Crippen LogP contribution in [-0.4, -0.2) is 21.1 Å². The van der Waals surface area contributed by atoms with Crippen molar-refractivity contribution in [3.63, 3.8) is 0 Å². The molecule has 1 atom stereocenters. The number of aryl methyl sites for hydroxylation is 1. The van der Waals surface area contributed by atoms with Crippen LogP contribution in [0, 0.1) is 6.92 Å². The molecule has 0 saturated heterocycles. The van der Waals surface area contributed by atoms with Gasteiger partial charge in [-0.1, -0.05) is 24.3 Å². The lowest BCUT2D eigenvalue weighted by Crippen LogP contribution is -2.43. The zero-order chi connectivity index (χ0) is 18.4. The second kappa shape index (κ2) is 6.12. The normalized spacial score (nSPS) is 20.4. The molecule has 3 heterocycles. The molecule has 5 heteroatoms. The van der Waals surface area contributed by atoms with Gasteiger partial charge in [-0.25, -0.2) is 4.52 Å². The number of nitrogens with zero attached hydrogens (tertiary/aromatic N) is 2. The maximum absolute atomic E-state index is 13.1. The lowest BCUT2D eigenvalue weighted by molar-refractivity contribution is 0.0361. The Labute approximate surface area is 158 Å².